The van der Waals surface area contributed by atoms with Gasteiger partial charge in [-0.15, -0.1) is 17.1 Å². The van der Waals surface area contributed by atoms with Gasteiger partial charge in [0.05, 0.1) is 5.88 Å². The maximum atomic E-state index is 10.6. The molecule has 0 rings (SSSR count). The minimum Gasteiger partial charge on any atom is -1.00 e. The van der Waals surface area contributed by atoms with Gasteiger partial charge in [0.25, 0.3) is 0 Å². The summed E-state index contributed by atoms with van der Waals surface area (Å²) in [5.74, 6) is 2.35. The average molecular weight is 308 g/mol. The van der Waals surface area contributed by atoms with E-state index in [1.54, 1.807) is 0 Å². The molecule has 7 heteroatoms. The van der Waals surface area contributed by atoms with Gasteiger partial charge in [-0.05, 0) is 5.92 Å². The Bertz CT molecular complexity index is 194. The molecule has 0 aliphatic carbocycles. The van der Waals surface area contributed by atoms with Crippen molar-refractivity contribution in [1.82, 2.24) is 0 Å². The molecule has 0 bridgehead atoms. The summed E-state index contributed by atoms with van der Waals surface area (Å²) in [6, 6.07) is 0. The molecule has 0 aliphatic rings. The summed E-state index contributed by atoms with van der Waals surface area (Å²) in [4.78, 5) is 10.6. The van der Waals surface area contributed by atoms with Crippen LogP contribution in [-0.4, -0.2) is 37.1 Å². The topological polar surface area (TPSA) is 17.1 Å². The van der Waals surface area contributed by atoms with E-state index in [4.69, 9.17) is 11.6 Å². The van der Waals surface area contributed by atoms with E-state index >= 15 is 0 Å². The van der Waals surface area contributed by atoms with Crippen molar-refractivity contribution < 1.29 is 42.0 Å². The second-order valence-corrected chi connectivity index (χ2v) is 8.07. The Labute approximate surface area is 121 Å². The molecule has 0 atom stereocenters. The molecule has 1 nitrogen and oxygen atoms in total. The van der Waals surface area contributed by atoms with Gasteiger partial charge in [0.1, 0.15) is 8.07 Å². The van der Waals surface area contributed by atoms with Crippen LogP contribution < -0.4 is 37.2 Å². The Morgan fingerprint density at radius 2 is 1.57 bits per heavy atom. The number of hydrogen-bond acceptors (Lipinski definition) is 1. The van der Waals surface area contributed by atoms with Gasteiger partial charge in [0.15, 0.2) is 0 Å². The zero-order chi connectivity index (χ0) is 8.20. The summed E-state index contributed by atoms with van der Waals surface area (Å²) in [5, 5.41) is 0. The molecule has 0 aliphatic heterocycles. The summed E-state index contributed by atoms with van der Waals surface area (Å²) in [6.45, 7) is 6.25. The van der Waals surface area contributed by atoms with Gasteiger partial charge < -0.3 is 37.2 Å². The Balaban J connectivity index is -0.0000000675. The SMILES string of the molecule is C[Si](C)(C)C#CC(=O)CCl.[Al+3].[Cl-].[Cl-].[Cl-]. The van der Waals surface area contributed by atoms with E-state index in [-0.39, 0.29) is 66.2 Å². The van der Waals surface area contributed by atoms with Crippen molar-refractivity contribution in [3.8, 4) is 11.5 Å². The van der Waals surface area contributed by atoms with Crippen molar-refractivity contribution in [2.24, 2.45) is 0 Å². The maximum absolute atomic E-state index is 10.6. The van der Waals surface area contributed by atoms with Crippen LogP contribution in [0.3, 0.4) is 0 Å². The number of carbonyl (C=O) groups is 1. The predicted octanol–water partition coefficient (Wildman–Crippen LogP) is -7.69. The van der Waals surface area contributed by atoms with Gasteiger partial charge in [0.2, 0.25) is 5.78 Å². The molecule has 0 amide bonds. The normalized spacial score (nSPS) is 7.14. The van der Waals surface area contributed by atoms with Crippen molar-refractivity contribution in [3.05, 3.63) is 0 Å². The minimum absolute atomic E-state index is 0. The van der Waals surface area contributed by atoms with Gasteiger partial charge >= 0.3 is 17.4 Å². The Morgan fingerprint density at radius 1 is 1.21 bits per heavy atom. The Morgan fingerprint density at radius 3 is 1.79 bits per heavy atom. The molecule has 14 heavy (non-hydrogen) atoms. The zero-order valence-corrected chi connectivity index (χ0v) is 13.4. The van der Waals surface area contributed by atoms with E-state index in [2.05, 4.69) is 31.1 Å². The second-order valence-electron chi connectivity index (χ2n) is 3.06. The van der Waals surface area contributed by atoms with Gasteiger partial charge in [-0.25, -0.2) is 0 Å². The van der Waals surface area contributed by atoms with Gasteiger partial charge in [-0.3, -0.25) is 4.79 Å². The molecule has 0 N–H and O–H groups in total. The summed E-state index contributed by atoms with van der Waals surface area (Å²) in [7, 11) is -1.38. The van der Waals surface area contributed by atoms with Gasteiger partial charge in [0, 0.05) is 0 Å². The fraction of sp³-hybridized carbons (Fsp3) is 0.571. The molecule has 0 heterocycles. The van der Waals surface area contributed by atoms with Crippen molar-refractivity contribution >= 4 is 42.8 Å². The van der Waals surface area contributed by atoms with E-state index in [0.717, 1.165) is 0 Å². The van der Waals surface area contributed by atoms with Crippen LogP contribution in [0.2, 0.25) is 19.6 Å². The van der Waals surface area contributed by atoms with Crippen LogP contribution in [0.25, 0.3) is 0 Å². The first-order valence-electron chi connectivity index (χ1n) is 3.07. The van der Waals surface area contributed by atoms with E-state index in [1.807, 2.05) is 0 Å². The predicted molar refractivity (Wildman–Crippen MR) is 52.6 cm³/mol. The van der Waals surface area contributed by atoms with E-state index < -0.39 is 8.07 Å². The first-order chi connectivity index (χ1) is 4.45. The molecular formula is C7H11AlCl4OSi. The van der Waals surface area contributed by atoms with Gasteiger partial charge in [-0.2, -0.15) is 0 Å². The third kappa shape index (κ3) is 23.2. The van der Waals surface area contributed by atoms with Gasteiger partial charge in [-0.1, -0.05) is 19.6 Å². The van der Waals surface area contributed by atoms with Crippen LogP contribution in [0.15, 0.2) is 0 Å². The van der Waals surface area contributed by atoms with Crippen molar-refractivity contribution in [2.45, 2.75) is 19.6 Å². The quantitative estimate of drug-likeness (QED) is 0.267. The minimum atomic E-state index is -1.38. The Hall–Kier alpha value is 1.14. The molecule has 0 aromatic carbocycles. The summed E-state index contributed by atoms with van der Waals surface area (Å²) < 4.78 is 0. The smallest absolute Gasteiger partial charge is 1.00 e. The van der Waals surface area contributed by atoms with E-state index in [9.17, 15) is 4.79 Å². The second kappa shape index (κ2) is 14.1. The Kier molecular flexibility index (Phi) is 29.7. The van der Waals surface area contributed by atoms with Crippen LogP contribution in [0.4, 0.5) is 0 Å². The summed E-state index contributed by atoms with van der Waals surface area (Å²) in [6.07, 6.45) is 0. The zero-order valence-electron chi connectivity index (χ0n) is 8.20. The molecule has 0 spiro atoms. The number of hydrogen-bond donors (Lipinski definition) is 0. The standard InChI is InChI=1S/C7H11ClOSi.Al.3ClH/c1-10(2,3)5-4-7(9)6-8;;;;/h6H2,1-3H3;;3*1H/q;+3;;;/p-3. The van der Waals surface area contributed by atoms with Crippen LogP contribution in [0.5, 0.6) is 0 Å². The molecule has 0 aromatic rings. The monoisotopic (exact) mass is 306 g/mol. The molecular weight excluding hydrogens is 297 g/mol. The fourth-order valence-electron chi connectivity index (χ4n) is 0.291. The van der Waals surface area contributed by atoms with Crippen molar-refractivity contribution in [2.75, 3.05) is 5.88 Å². The van der Waals surface area contributed by atoms with Crippen molar-refractivity contribution in [3.63, 3.8) is 0 Å². The first-order valence-corrected chi connectivity index (χ1v) is 7.11. The fourth-order valence-corrected chi connectivity index (χ4v) is 0.872. The first kappa shape index (κ1) is 29.4. The van der Waals surface area contributed by atoms with E-state index in [1.165, 1.54) is 0 Å². The maximum Gasteiger partial charge on any atom is 3.00 e. The summed E-state index contributed by atoms with van der Waals surface area (Å²) >= 11 is 5.24. The van der Waals surface area contributed by atoms with Crippen molar-refractivity contribution in [1.29, 1.82) is 0 Å². The molecule has 0 aromatic heterocycles. The van der Waals surface area contributed by atoms with Crippen LogP contribution in [0.1, 0.15) is 0 Å². The number of alkyl halides is 1. The third-order valence-electron chi connectivity index (χ3n) is 0.698. The summed E-state index contributed by atoms with van der Waals surface area (Å²) in [5.41, 5.74) is 2.93. The molecule has 80 valence electrons. The number of halogens is 4. The van der Waals surface area contributed by atoms with Crippen LogP contribution in [0, 0.1) is 11.5 Å². The number of carbonyl (C=O) groups excluding carboxylic acids is 1. The molecule has 0 fully saturated rings. The van der Waals surface area contributed by atoms with E-state index in [0.29, 0.717) is 0 Å². The molecule has 0 unspecified atom stereocenters. The number of Topliss-reactive ketones (excluding diaryl/α,β-unsaturated/α-hetero) is 1. The largest absolute Gasteiger partial charge is 3.00 e. The van der Waals surface area contributed by atoms with Crippen LogP contribution in [-0.2, 0) is 4.79 Å². The average Bonchev–Trinajstić information content (AvgIpc) is 1.81. The number of ketones is 1. The molecule has 0 radical (unpaired) electrons. The molecule has 0 saturated heterocycles. The number of rotatable bonds is 1. The third-order valence-corrected chi connectivity index (χ3v) is 1.82. The van der Waals surface area contributed by atoms with Crippen LogP contribution >= 0.6 is 11.6 Å². The molecule has 0 saturated carbocycles.